The Bertz CT molecular complexity index is 949. The van der Waals surface area contributed by atoms with Crippen LogP contribution >= 0.6 is 11.3 Å². The first-order valence-electron chi connectivity index (χ1n) is 8.08. The average Bonchev–Trinajstić information content (AvgIpc) is 3.05. The second-order valence-corrected chi connectivity index (χ2v) is 6.80. The van der Waals surface area contributed by atoms with Crippen LogP contribution in [0, 0.1) is 6.92 Å². The number of rotatable bonds is 6. The van der Waals surface area contributed by atoms with Crippen LogP contribution < -0.4 is 10.1 Å². The lowest BCUT2D eigenvalue weighted by Gasteiger charge is -2.11. The van der Waals surface area contributed by atoms with Crippen molar-refractivity contribution in [3.05, 3.63) is 75.7 Å². The highest BCUT2D eigenvalue weighted by atomic mass is 32.1. The third kappa shape index (κ3) is 4.34. The molecule has 0 fully saturated rings. The molecule has 0 aliphatic heterocycles. The number of hydrogen-bond acceptors (Lipinski definition) is 5. The maximum Gasteiger partial charge on any atom is 0.259 e. The molecule has 3 aromatic rings. The van der Waals surface area contributed by atoms with E-state index >= 15 is 0 Å². The molecule has 3 rings (SSSR count). The van der Waals surface area contributed by atoms with Gasteiger partial charge >= 0.3 is 0 Å². The molecule has 6 heteroatoms. The van der Waals surface area contributed by atoms with Crippen LogP contribution in [0.2, 0.25) is 0 Å². The summed E-state index contributed by atoms with van der Waals surface area (Å²) in [7, 11) is 0. The van der Waals surface area contributed by atoms with Crippen molar-refractivity contribution >= 4 is 28.7 Å². The highest BCUT2D eigenvalue weighted by Crippen LogP contribution is 2.22. The lowest BCUT2D eigenvalue weighted by atomic mass is 10.1. The molecule has 132 valence electrons. The van der Waals surface area contributed by atoms with Crippen LogP contribution in [0.4, 0.5) is 5.69 Å². The Morgan fingerprint density at radius 2 is 1.96 bits per heavy atom. The van der Waals surface area contributed by atoms with Gasteiger partial charge in [0.2, 0.25) is 0 Å². The van der Waals surface area contributed by atoms with Crippen molar-refractivity contribution < 1.29 is 14.3 Å². The minimum absolute atomic E-state index is 0.0524. The monoisotopic (exact) mass is 366 g/mol. The van der Waals surface area contributed by atoms with E-state index in [0.29, 0.717) is 29.2 Å². The number of thiazole rings is 1. The topological polar surface area (TPSA) is 68.3 Å². The van der Waals surface area contributed by atoms with Crippen LogP contribution in [0.1, 0.15) is 38.3 Å². The number of carbonyl (C=O) groups is 2. The molecule has 0 atom stereocenters. The van der Waals surface area contributed by atoms with Crippen molar-refractivity contribution in [3.63, 3.8) is 0 Å². The molecule has 5 nitrogen and oxygen atoms in total. The van der Waals surface area contributed by atoms with Gasteiger partial charge in [-0.25, -0.2) is 4.98 Å². The van der Waals surface area contributed by atoms with Gasteiger partial charge in [-0.05, 0) is 38.1 Å². The van der Waals surface area contributed by atoms with Gasteiger partial charge < -0.3 is 10.1 Å². The highest BCUT2D eigenvalue weighted by Gasteiger charge is 2.13. The lowest BCUT2D eigenvalue weighted by Crippen LogP contribution is -2.14. The van der Waals surface area contributed by atoms with Crippen LogP contribution in [0.5, 0.6) is 5.75 Å². The number of ketones is 1. The van der Waals surface area contributed by atoms with Gasteiger partial charge in [-0.3, -0.25) is 9.59 Å². The molecular weight excluding hydrogens is 348 g/mol. The molecule has 0 aliphatic carbocycles. The second kappa shape index (κ2) is 7.93. The van der Waals surface area contributed by atoms with Crippen LogP contribution in [-0.4, -0.2) is 16.7 Å². The molecule has 0 saturated heterocycles. The summed E-state index contributed by atoms with van der Waals surface area (Å²) in [5.74, 6) is 0.137. The molecule has 1 N–H and O–H groups in total. The van der Waals surface area contributed by atoms with E-state index in [2.05, 4.69) is 10.3 Å². The van der Waals surface area contributed by atoms with E-state index in [0.717, 1.165) is 10.7 Å². The van der Waals surface area contributed by atoms with E-state index < -0.39 is 0 Å². The van der Waals surface area contributed by atoms with Crippen molar-refractivity contribution in [2.24, 2.45) is 0 Å². The molecular formula is C20H18N2O3S. The summed E-state index contributed by atoms with van der Waals surface area (Å²) >= 11 is 1.56. The fourth-order valence-electron chi connectivity index (χ4n) is 2.42. The van der Waals surface area contributed by atoms with Crippen LogP contribution in [0.25, 0.3) is 0 Å². The summed E-state index contributed by atoms with van der Waals surface area (Å²) in [4.78, 5) is 28.5. The quantitative estimate of drug-likeness (QED) is 0.653. The molecule has 0 radical (unpaired) electrons. The number of carbonyl (C=O) groups excluding carboxylic acids is 2. The number of Topliss-reactive ketones (excluding diaryl/α,β-unsaturated/α-hetero) is 1. The molecule has 0 saturated carbocycles. The zero-order valence-corrected chi connectivity index (χ0v) is 15.3. The Balaban J connectivity index is 1.75. The number of amides is 1. The van der Waals surface area contributed by atoms with Gasteiger partial charge in [0, 0.05) is 16.6 Å². The third-order valence-corrected chi connectivity index (χ3v) is 4.52. The first-order valence-corrected chi connectivity index (χ1v) is 8.96. The van der Waals surface area contributed by atoms with E-state index in [9.17, 15) is 9.59 Å². The molecule has 0 bridgehead atoms. The van der Waals surface area contributed by atoms with Crippen LogP contribution in [0.15, 0.2) is 53.9 Å². The summed E-state index contributed by atoms with van der Waals surface area (Å²) in [6, 6.07) is 13.9. The standard InChI is InChI=1S/C20H18N2O3S/c1-13(23)15-6-5-7-16(10-15)22-20(24)18-8-3-4-9-19(18)25-11-17-12-26-14(2)21-17/h3-10,12H,11H2,1-2H3,(H,22,24). The van der Waals surface area contributed by atoms with Gasteiger partial charge in [0.15, 0.2) is 5.78 Å². The van der Waals surface area contributed by atoms with Gasteiger partial charge in [0.1, 0.15) is 12.4 Å². The van der Waals surface area contributed by atoms with Gasteiger partial charge in [-0.15, -0.1) is 11.3 Å². The number of aryl methyl sites for hydroxylation is 1. The third-order valence-electron chi connectivity index (χ3n) is 3.70. The summed E-state index contributed by atoms with van der Waals surface area (Å²) in [6.45, 7) is 3.73. The highest BCUT2D eigenvalue weighted by molar-refractivity contribution is 7.09. The number of benzene rings is 2. The molecule has 1 amide bonds. The molecule has 0 spiro atoms. The largest absolute Gasteiger partial charge is 0.486 e. The molecule has 26 heavy (non-hydrogen) atoms. The average molecular weight is 366 g/mol. The minimum atomic E-state index is -0.296. The first-order chi connectivity index (χ1) is 12.5. The van der Waals surface area contributed by atoms with E-state index in [1.165, 1.54) is 6.92 Å². The molecule has 0 unspecified atom stereocenters. The zero-order chi connectivity index (χ0) is 18.5. The second-order valence-electron chi connectivity index (χ2n) is 5.73. The number of nitrogens with one attached hydrogen (secondary N) is 1. The lowest BCUT2D eigenvalue weighted by molar-refractivity contribution is 0.100. The zero-order valence-electron chi connectivity index (χ0n) is 14.5. The minimum Gasteiger partial charge on any atom is -0.486 e. The number of ether oxygens (including phenoxy) is 1. The SMILES string of the molecule is CC(=O)c1cccc(NC(=O)c2ccccc2OCc2csc(C)n2)c1. The predicted octanol–water partition coefficient (Wildman–Crippen LogP) is 4.49. The first kappa shape index (κ1) is 17.8. The van der Waals surface area contributed by atoms with Crippen molar-refractivity contribution in [2.45, 2.75) is 20.5 Å². The van der Waals surface area contributed by atoms with Crippen LogP contribution in [0.3, 0.4) is 0 Å². The van der Waals surface area contributed by atoms with Gasteiger partial charge in [-0.2, -0.15) is 0 Å². The molecule has 1 aromatic heterocycles. The van der Waals surface area contributed by atoms with Crippen molar-refractivity contribution in [3.8, 4) is 5.75 Å². The van der Waals surface area contributed by atoms with E-state index in [1.807, 2.05) is 18.4 Å². The summed E-state index contributed by atoms with van der Waals surface area (Å²) in [5.41, 5.74) is 2.36. The number of aromatic nitrogens is 1. The van der Waals surface area contributed by atoms with Crippen molar-refractivity contribution in [1.82, 2.24) is 4.98 Å². The van der Waals surface area contributed by atoms with Crippen LogP contribution in [-0.2, 0) is 6.61 Å². The van der Waals surface area contributed by atoms with E-state index in [1.54, 1.807) is 53.8 Å². The fourth-order valence-corrected chi connectivity index (χ4v) is 3.02. The Kier molecular flexibility index (Phi) is 5.43. The van der Waals surface area contributed by atoms with Crippen molar-refractivity contribution in [1.29, 1.82) is 0 Å². The predicted molar refractivity (Wildman–Crippen MR) is 102 cm³/mol. The smallest absolute Gasteiger partial charge is 0.259 e. The van der Waals surface area contributed by atoms with Gasteiger partial charge in [0.25, 0.3) is 5.91 Å². The summed E-state index contributed by atoms with van der Waals surface area (Å²) in [5, 5.41) is 5.72. The van der Waals surface area contributed by atoms with E-state index in [4.69, 9.17) is 4.74 Å². The van der Waals surface area contributed by atoms with E-state index in [-0.39, 0.29) is 11.7 Å². The Hall–Kier alpha value is -2.99. The van der Waals surface area contributed by atoms with Crippen molar-refractivity contribution in [2.75, 3.05) is 5.32 Å². The Labute approximate surface area is 155 Å². The summed E-state index contributed by atoms with van der Waals surface area (Å²) < 4.78 is 5.79. The Morgan fingerprint density at radius 1 is 1.15 bits per heavy atom. The number of anilines is 1. The maximum absolute atomic E-state index is 12.6. The summed E-state index contributed by atoms with van der Waals surface area (Å²) in [6.07, 6.45) is 0. The number of hydrogen-bond donors (Lipinski definition) is 1. The fraction of sp³-hybridized carbons (Fsp3) is 0.150. The maximum atomic E-state index is 12.6. The number of nitrogens with zero attached hydrogens (tertiary/aromatic N) is 1. The van der Waals surface area contributed by atoms with Gasteiger partial charge in [-0.1, -0.05) is 24.3 Å². The number of para-hydroxylation sites is 1. The molecule has 2 aromatic carbocycles. The normalized spacial score (nSPS) is 10.4. The molecule has 0 aliphatic rings. The Morgan fingerprint density at radius 3 is 2.69 bits per heavy atom. The molecule has 1 heterocycles. The van der Waals surface area contributed by atoms with Gasteiger partial charge in [0.05, 0.1) is 16.3 Å².